The molecule has 1 N–H and O–H groups in total. The molecule has 98 valence electrons. The number of aliphatic hydroxyl groups excluding tert-OH is 1. The van der Waals surface area contributed by atoms with Crippen LogP contribution in [-0.2, 0) is 4.74 Å². The van der Waals surface area contributed by atoms with Crippen molar-refractivity contribution in [2.75, 3.05) is 13.1 Å². The molecule has 2 atom stereocenters. The van der Waals surface area contributed by atoms with Crippen LogP contribution in [0.3, 0.4) is 0 Å². The molecule has 1 amide bonds. The van der Waals surface area contributed by atoms with Crippen LogP contribution in [0.4, 0.5) is 4.79 Å². The van der Waals surface area contributed by atoms with E-state index in [2.05, 4.69) is 0 Å². The predicted molar refractivity (Wildman–Crippen MR) is 64.6 cm³/mol. The van der Waals surface area contributed by atoms with E-state index in [1.54, 1.807) is 0 Å². The van der Waals surface area contributed by atoms with Gasteiger partial charge in [0.05, 0.1) is 6.10 Å². The lowest BCUT2D eigenvalue weighted by atomic mass is 9.76. The van der Waals surface area contributed by atoms with Gasteiger partial charge in [0, 0.05) is 13.1 Å². The predicted octanol–water partition coefficient (Wildman–Crippen LogP) is 2.01. The topological polar surface area (TPSA) is 49.8 Å². The zero-order valence-electron chi connectivity index (χ0n) is 11.0. The molecule has 1 aliphatic heterocycles. The molecule has 4 nitrogen and oxygen atoms in total. The van der Waals surface area contributed by atoms with Crippen molar-refractivity contribution in [1.82, 2.24) is 4.90 Å². The largest absolute Gasteiger partial charge is 0.444 e. The maximum Gasteiger partial charge on any atom is 0.410 e. The number of rotatable bonds is 0. The number of hydrogen-bond donors (Lipinski definition) is 1. The smallest absolute Gasteiger partial charge is 0.410 e. The first-order valence-corrected chi connectivity index (χ1v) is 6.49. The Hall–Kier alpha value is -0.770. The maximum absolute atomic E-state index is 12.0. The third-order valence-corrected chi connectivity index (χ3v) is 3.49. The highest BCUT2D eigenvalue weighted by atomic mass is 16.6. The van der Waals surface area contributed by atoms with E-state index in [4.69, 9.17) is 4.74 Å². The molecule has 0 aromatic carbocycles. The lowest BCUT2D eigenvalue weighted by molar-refractivity contribution is -0.0179. The molecule has 17 heavy (non-hydrogen) atoms. The van der Waals surface area contributed by atoms with Gasteiger partial charge in [-0.15, -0.1) is 0 Å². The van der Waals surface area contributed by atoms with E-state index >= 15 is 0 Å². The van der Waals surface area contributed by atoms with Gasteiger partial charge in [-0.25, -0.2) is 4.79 Å². The van der Waals surface area contributed by atoms with Crippen molar-refractivity contribution in [2.45, 2.75) is 51.7 Å². The average Bonchev–Trinajstić information content (AvgIpc) is 2.12. The Kier molecular flexibility index (Phi) is 3.34. The van der Waals surface area contributed by atoms with E-state index in [0.717, 1.165) is 32.4 Å². The summed E-state index contributed by atoms with van der Waals surface area (Å²) in [5.74, 6) is 0.898. The standard InChI is InChI=1S/C13H23NO3/c1-13(2,3)17-12(16)14-7-9-4-10(8-14)6-11(15)5-9/h9-11,15H,4-8H2,1-3H3. The third kappa shape index (κ3) is 3.35. The van der Waals surface area contributed by atoms with Crippen LogP contribution in [0.15, 0.2) is 0 Å². The monoisotopic (exact) mass is 241 g/mol. The summed E-state index contributed by atoms with van der Waals surface area (Å²) in [6, 6.07) is 0. The molecule has 2 rings (SSSR count). The van der Waals surface area contributed by atoms with Crippen LogP contribution in [0.5, 0.6) is 0 Å². The van der Waals surface area contributed by atoms with Crippen LogP contribution in [0.25, 0.3) is 0 Å². The second-order valence-corrected chi connectivity index (χ2v) is 6.48. The van der Waals surface area contributed by atoms with E-state index in [9.17, 15) is 9.90 Å². The Morgan fingerprint density at radius 1 is 1.18 bits per heavy atom. The highest BCUT2D eigenvalue weighted by Crippen LogP contribution is 2.35. The minimum Gasteiger partial charge on any atom is -0.444 e. The van der Waals surface area contributed by atoms with Crippen molar-refractivity contribution in [2.24, 2.45) is 11.8 Å². The highest BCUT2D eigenvalue weighted by molar-refractivity contribution is 5.68. The molecule has 0 aromatic rings. The number of nitrogens with zero attached hydrogens (tertiary/aromatic N) is 1. The second kappa shape index (κ2) is 4.48. The van der Waals surface area contributed by atoms with Crippen LogP contribution in [0, 0.1) is 11.8 Å². The molecule has 0 radical (unpaired) electrons. The first kappa shape index (κ1) is 12.7. The summed E-state index contributed by atoms with van der Waals surface area (Å²) in [6.45, 7) is 7.14. The summed E-state index contributed by atoms with van der Waals surface area (Å²) >= 11 is 0. The number of carbonyl (C=O) groups excluding carboxylic acids is 1. The van der Waals surface area contributed by atoms with Gasteiger partial charge in [-0.05, 0) is 51.9 Å². The molecular weight excluding hydrogens is 218 g/mol. The van der Waals surface area contributed by atoms with Gasteiger partial charge in [0.2, 0.25) is 0 Å². The summed E-state index contributed by atoms with van der Waals surface area (Å²) in [7, 11) is 0. The van der Waals surface area contributed by atoms with E-state index in [0.29, 0.717) is 11.8 Å². The third-order valence-electron chi connectivity index (χ3n) is 3.49. The van der Waals surface area contributed by atoms with Gasteiger partial charge in [0.25, 0.3) is 0 Å². The summed E-state index contributed by atoms with van der Waals surface area (Å²) < 4.78 is 5.39. The first-order valence-electron chi connectivity index (χ1n) is 6.49. The number of likely N-dealkylation sites (tertiary alicyclic amines) is 1. The fourth-order valence-corrected chi connectivity index (χ4v) is 3.00. The lowest BCUT2D eigenvalue weighted by Gasteiger charge is -2.43. The summed E-state index contributed by atoms with van der Waals surface area (Å²) in [5, 5.41) is 9.69. The van der Waals surface area contributed by atoms with E-state index in [1.807, 2.05) is 25.7 Å². The van der Waals surface area contributed by atoms with Gasteiger partial charge in [0.15, 0.2) is 0 Å². The lowest BCUT2D eigenvalue weighted by Crippen LogP contribution is -2.49. The Labute approximate surface area is 103 Å². The molecule has 1 saturated heterocycles. The number of carbonyl (C=O) groups is 1. The zero-order valence-corrected chi connectivity index (χ0v) is 11.0. The molecule has 4 heteroatoms. The van der Waals surface area contributed by atoms with Gasteiger partial charge >= 0.3 is 6.09 Å². The normalized spacial score (nSPS) is 33.4. The van der Waals surface area contributed by atoms with Gasteiger partial charge in [-0.3, -0.25) is 0 Å². The Bertz CT molecular complexity index is 280. The van der Waals surface area contributed by atoms with Crippen LogP contribution >= 0.6 is 0 Å². The van der Waals surface area contributed by atoms with Crippen molar-refractivity contribution in [3.63, 3.8) is 0 Å². The van der Waals surface area contributed by atoms with Crippen LogP contribution < -0.4 is 0 Å². The molecule has 0 aromatic heterocycles. The van der Waals surface area contributed by atoms with Crippen LogP contribution in [-0.4, -0.2) is 40.9 Å². The van der Waals surface area contributed by atoms with Crippen molar-refractivity contribution < 1.29 is 14.6 Å². The van der Waals surface area contributed by atoms with E-state index in [-0.39, 0.29) is 12.2 Å². The minimum atomic E-state index is -0.427. The maximum atomic E-state index is 12.0. The Balaban J connectivity index is 1.94. The van der Waals surface area contributed by atoms with E-state index in [1.165, 1.54) is 0 Å². The SMILES string of the molecule is CC(C)(C)OC(=O)N1CC2CC(O)CC(C2)C1. The number of amides is 1. The number of aliphatic hydroxyl groups is 1. The minimum absolute atomic E-state index is 0.167. The summed E-state index contributed by atoms with van der Waals surface area (Å²) in [6.07, 6.45) is 2.44. The molecular formula is C13H23NO3. The van der Waals surface area contributed by atoms with E-state index < -0.39 is 5.60 Å². The fourth-order valence-electron chi connectivity index (χ4n) is 3.00. The highest BCUT2D eigenvalue weighted by Gasteiger charge is 2.37. The second-order valence-electron chi connectivity index (χ2n) is 6.48. The molecule has 0 spiro atoms. The van der Waals surface area contributed by atoms with Crippen LogP contribution in [0.2, 0.25) is 0 Å². The fraction of sp³-hybridized carbons (Fsp3) is 0.923. The van der Waals surface area contributed by atoms with Gasteiger partial charge in [-0.1, -0.05) is 0 Å². The molecule has 2 bridgehead atoms. The number of hydrogen-bond acceptors (Lipinski definition) is 3. The molecule has 1 saturated carbocycles. The van der Waals surface area contributed by atoms with Crippen molar-refractivity contribution >= 4 is 6.09 Å². The van der Waals surface area contributed by atoms with Crippen LogP contribution in [0.1, 0.15) is 40.0 Å². The molecule has 2 aliphatic rings. The molecule has 1 aliphatic carbocycles. The van der Waals surface area contributed by atoms with Crippen molar-refractivity contribution in [3.8, 4) is 0 Å². The van der Waals surface area contributed by atoms with Gasteiger partial charge in [-0.2, -0.15) is 0 Å². The zero-order chi connectivity index (χ0) is 12.6. The number of piperidine rings is 1. The first-order chi connectivity index (χ1) is 7.83. The number of ether oxygens (including phenoxy) is 1. The van der Waals surface area contributed by atoms with Gasteiger partial charge in [0.1, 0.15) is 5.60 Å². The quantitative estimate of drug-likeness (QED) is 0.706. The number of fused-ring (bicyclic) bond motifs is 2. The Morgan fingerprint density at radius 3 is 2.18 bits per heavy atom. The van der Waals surface area contributed by atoms with Crippen molar-refractivity contribution in [3.05, 3.63) is 0 Å². The summed E-state index contributed by atoms with van der Waals surface area (Å²) in [4.78, 5) is 13.8. The molecule has 2 unspecified atom stereocenters. The molecule has 2 fully saturated rings. The van der Waals surface area contributed by atoms with Gasteiger partial charge < -0.3 is 14.7 Å². The summed E-state index contributed by atoms with van der Waals surface area (Å²) in [5.41, 5.74) is -0.427. The average molecular weight is 241 g/mol. The Morgan fingerprint density at radius 2 is 1.71 bits per heavy atom. The van der Waals surface area contributed by atoms with Crippen molar-refractivity contribution in [1.29, 1.82) is 0 Å². The molecule has 1 heterocycles.